The van der Waals surface area contributed by atoms with Gasteiger partial charge < -0.3 is 14.6 Å². The van der Waals surface area contributed by atoms with Crippen LogP contribution in [-0.2, 0) is 22.4 Å². The number of fused-ring (bicyclic) bond motifs is 1. The third-order valence-electron chi connectivity index (χ3n) is 4.67. The number of aromatic hydroxyl groups is 1. The number of nitrogens with zero attached hydrogens (tertiary/aromatic N) is 2. The zero-order valence-corrected chi connectivity index (χ0v) is 15.3. The van der Waals surface area contributed by atoms with E-state index in [0.717, 1.165) is 44.0 Å². The number of ether oxygens (including phenoxy) is 2. The number of carbonyl (C=O) groups excluding carboxylic acids is 1. The molecule has 1 N–H and O–H groups in total. The second kappa shape index (κ2) is 7.22. The number of carbonyl (C=O) groups is 1. The van der Waals surface area contributed by atoms with Crippen molar-refractivity contribution in [3.05, 3.63) is 29.3 Å². The summed E-state index contributed by atoms with van der Waals surface area (Å²) in [6.45, 7) is 10.0. The van der Waals surface area contributed by atoms with Crippen LogP contribution in [0.15, 0.2) is 18.2 Å². The predicted molar refractivity (Wildman–Crippen MR) is 94.6 cm³/mol. The van der Waals surface area contributed by atoms with Crippen LogP contribution in [0.4, 0.5) is 4.79 Å². The minimum Gasteiger partial charge on any atom is -0.508 e. The lowest BCUT2D eigenvalue weighted by Gasteiger charge is -2.40. The molecule has 1 aromatic rings. The molecule has 2 aliphatic heterocycles. The molecule has 1 atom stereocenters. The van der Waals surface area contributed by atoms with Crippen molar-refractivity contribution < 1.29 is 19.4 Å². The highest BCUT2D eigenvalue weighted by Gasteiger charge is 2.35. The molecule has 0 spiro atoms. The van der Waals surface area contributed by atoms with Crippen LogP contribution in [0.5, 0.6) is 5.75 Å². The Morgan fingerprint density at radius 1 is 1.32 bits per heavy atom. The predicted octanol–water partition coefficient (Wildman–Crippen LogP) is 2.39. The lowest BCUT2D eigenvalue weighted by atomic mass is 9.93. The first-order valence-electron chi connectivity index (χ1n) is 8.93. The fourth-order valence-electron chi connectivity index (χ4n) is 3.44. The zero-order chi connectivity index (χ0) is 18.0. The average Bonchev–Trinajstić information content (AvgIpc) is 2.54. The van der Waals surface area contributed by atoms with Gasteiger partial charge in [-0.05, 0) is 38.8 Å². The summed E-state index contributed by atoms with van der Waals surface area (Å²) < 4.78 is 11.0. The van der Waals surface area contributed by atoms with Crippen LogP contribution in [0.2, 0.25) is 0 Å². The average molecular weight is 348 g/mol. The number of phenolic OH excluding ortho intramolecular Hbond substituents is 1. The number of hydrogen-bond donors (Lipinski definition) is 1. The molecule has 1 amide bonds. The van der Waals surface area contributed by atoms with E-state index in [-0.39, 0.29) is 12.1 Å². The third kappa shape index (κ3) is 4.44. The maximum atomic E-state index is 12.8. The van der Waals surface area contributed by atoms with Crippen molar-refractivity contribution in [2.45, 2.75) is 45.4 Å². The third-order valence-corrected chi connectivity index (χ3v) is 4.67. The van der Waals surface area contributed by atoms with Gasteiger partial charge in [-0.25, -0.2) is 4.79 Å². The molecule has 0 aromatic heterocycles. The number of phenols is 1. The molecule has 1 saturated heterocycles. The summed E-state index contributed by atoms with van der Waals surface area (Å²) in [6.07, 6.45) is 0.346. The number of rotatable bonds is 2. The van der Waals surface area contributed by atoms with Gasteiger partial charge in [0.05, 0.1) is 19.3 Å². The Bertz CT molecular complexity index is 620. The highest BCUT2D eigenvalue weighted by Crippen LogP contribution is 2.31. The topological polar surface area (TPSA) is 62.2 Å². The van der Waals surface area contributed by atoms with Gasteiger partial charge in [0, 0.05) is 31.7 Å². The first-order chi connectivity index (χ1) is 11.8. The monoisotopic (exact) mass is 348 g/mol. The highest BCUT2D eigenvalue weighted by atomic mass is 16.6. The molecule has 3 rings (SSSR count). The van der Waals surface area contributed by atoms with Gasteiger partial charge in [-0.15, -0.1) is 0 Å². The van der Waals surface area contributed by atoms with Crippen LogP contribution in [0.1, 0.15) is 31.9 Å². The second-order valence-electron chi connectivity index (χ2n) is 7.79. The first-order valence-corrected chi connectivity index (χ1v) is 8.93. The molecule has 0 saturated carbocycles. The molecule has 2 aliphatic rings. The van der Waals surface area contributed by atoms with Gasteiger partial charge in [0.15, 0.2) is 0 Å². The molecule has 6 nitrogen and oxygen atoms in total. The molecule has 1 aromatic carbocycles. The molecule has 138 valence electrons. The SMILES string of the molecule is CC(C)(C)OC(=O)N1Cc2cccc(O)c2CC1CN1CCOCC1. The van der Waals surface area contributed by atoms with Crippen molar-refractivity contribution in [2.75, 3.05) is 32.8 Å². The fraction of sp³-hybridized carbons (Fsp3) is 0.632. The summed E-state index contributed by atoms with van der Waals surface area (Å²) in [5.74, 6) is 0.313. The number of morpholine rings is 1. The minimum atomic E-state index is -0.528. The standard InChI is InChI=1S/C19H28N2O4/c1-19(2,3)25-18(23)21-12-14-5-4-6-17(22)16(14)11-15(21)13-20-7-9-24-10-8-20/h4-6,15,22H,7-13H2,1-3H3. The summed E-state index contributed by atoms with van der Waals surface area (Å²) in [5, 5.41) is 10.2. The maximum Gasteiger partial charge on any atom is 0.410 e. The molecule has 6 heteroatoms. The number of amides is 1. The molecule has 1 fully saturated rings. The zero-order valence-electron chi connectivity index (χ0n) is 15.3. The quantitative estimate of drug-likeness (QED) is 0.889. The van der Waals surface area contributed by atoms with E-state index in [0.29, 0.717) is 18.7 Å². The molecular formula is C19H28N2O4. The lowest BCUT2D eigenvalue weighted by Crippen LogP contribution is -2.52. The Morgan fingerprint density at radius 3 is 2.72 bits per heavy atom. The van der Waals surface area contributed by atoms with Crippen LogP contribution in [0.25, 0.3) is 0 Å². The Labute approximate surface area is 149 Å². The molecule has 1 unspecified atom stereocenters. The van der Waals surface area contributed by atoms with Crippen molar-refractivity contribution in [1.82, 2.24) is 9.80 Å². The van der Waals surface area contributed by atoms with Crippen LogP contribution >= 0.6 is 0 Å². The van der Waals surface area contributed by atoms with E-state index >= 15 is 0 Å². The van der Waals surface area contributed by atoms with Crippen molar-refractivity contribution in [3.63, 3.8) is 0 Å². The summed E-state index contributed by atoms with van der Waals surface area (Å²) in [4.78, 5) is 16.9. The van der Waals surface area contributed by atoms with Crippen LogP contribution in [-0.4, -0.2) is 65.5 Å². The van der Waals surface area contributed by atoms with E-state index in [2.05, 4.69) is 4.90 Å². The van der Waals surface area contributed by atoms with E-state index in [1.165, 1.54) is 0 Å². The van der Waals surface area contributed by atoms with Gasteiger partial charge in [-0.3, -0.25) is 9.80 Å². The van der Waals surface area contributed by atoms with Gasteiger partial charge in [0.25, 0.3) is 0 Å². The first kappa shape index (κ1) is 18.0. The summed E-state index contributed by atoms with van der Waals surface area (Å²) >= 11 is 0. The van der Waals surface area contributed by atoms with E-state index in [1.807, 2.05) is 37.8 Å². The van der Waals surface area contributed by atoms with Gasteiger partial charge in [-0.1, -0.05) is 12.1 Å². The van der Waals surface area contributed by atoms with E-state index in [4.69, 9.17) is 9.47 Å². The Kier molecular flexibility index (Phi) is 5.20. The van der Waals surface area contributed by atoms with Crippen molar-refractivity contribution in [1.29, 1.82) is 0 Å². The molecule has 0 radical (unpaired) electrons. The van der Waals surface area contributed by atoms with Gasteiger partial charge in [0.1, 0.15) is 11.4 Å². The molecule has 0 aliphatic carbocycles. The minimum absolute atomic E-state index is 0.0197. The summed E-state index contributed by atoms with van der Waals surface area (Å²) in [7, 11) is 0. The lowest BCUT2D eigenvalue weighted by molar-refractivity contribution is -0.00407. The van der Waals surface area contributed by atoms with Crippen molar-refractivity contribution in [3.8, 4) is 5.75 Å². The highest BCUT2D eigenvalue weighted by molar-refractivity contribution is 5.69. The smallest absolute Gasteiger partial charge is 0.410 e. The number of hydrogen-bond acceptors (Lipinski definition) is 5. The largest absolute Gasteiger partial charge is 0.508 e. The van der Waals surface area contributed by atoms with Gasteiger partial charge in [0.2, 0.25) is 0 Å². The Hall–Kier alpha value is -1.79. The van der Waals surface area contributed by atoms with Crippen LogP contribution in [0.3, 0.4) is 0 Å². The van der Waals surface area contributed by atoms with Gasteiger partial charge >= 0.3 is 6.09 Å². The van der Waals surface area contributed by atoms with Crippen LogP contribution < -0.4 is 0 Å². The van der Waals surface area contributed by atoms with E-state index < -0.39 is 5.60 Å². The Balaban J connectivity index is 1.82. The molecule has 0 bridgehead atoms. The maximum absolute atomic E-state index is 12.8. The van der Waals surface area contributed by atoms with Crippen molar-refractivity contribution in [2.24, 2.45) is 0 Å². The molecular weight excluding hydrogens is 320 g/mol. The Morgan fingerprint density at radius 2 is 2.04 bits per heavy atom. The second-order valence-corrected chi connectivity index (χ2v) is 7.79. The van der Waals surface area contributed by atoms with E-state index in [1.54, 1.807) is 6.07 Å². The molecule has 2 heterocycles. The van der Waals surface area contributed by atoms with Gasteiger partial charge in [-0.2, -0.15) is 0 Å². The summed E-state index contributed by atoms with van der Waals surface area (Å²) in [5.41, 5.74) is 1.41. The fourth-order valence-corrected chi connectivity index (χ4v) is 3.44. The molecule has 25 heavy (non-hydrogen) atoms. The number of benzene rings is 1. The normalized spacial score (nSPS) is 21.7. The summed E-state index contributed by atoms with van der Waals surface area (Å²) in [6, 6.07) is 5.49. The van der Waals surface area contributed by atoms with E-state index in [9.17, 15) is 9.90 Å². The van der Waals surface area contributed by atoms with Crippen molar-refractivity contribution >= 4 is 6.09 Å². The van der Waals surface area contributed by atoms with Crippen LogP contribution in [0, 0.1) is 0 Å².